The lowest BCUT2D eigenvalue weighted by atomic mass is 9.91. The van der Waals surface area contributed by atoms with Crippen molar-refractivity contribution < 1.29 is 0 Å². The predicted molar refractivity (Wildman–Crippen MR) is 221 cm³/mol. The fourth-order valence-electron chi connectivity index (χ4n) is 7.86. The molecular weight excluding hydrogens is 629 g/mol. The largest absolute Gasteiger partial charge is 0.228 e. The first-order valence-electron chi connectivity index (χ1n) is 17.8. The summed E-state index contributed by atoms with van der Waals surface area (Å²) in [5.74, 6) is 0.696. The molecule has 0 saturated heterocycles. The summed E-state index contributed by atoms with van der Waals surface area (Å²) in [7, 11) is 0. The Kier molecular flexibility index (Phi) is 7.18. The maximum absolute atomic E-state index is 5.23. The lowest BCUT2D eigenvalue weighted by Crippen LogP contribution is -1.96. The van der Waals surface area contributed by atoms with E-state index in [4.69, 9.17) is 9.97 Å². The SMILES string of the molecule is c1ccc(-c2cc(-c3ccccc3)nc(-c3ccc4c5ccccc5c5ccccc5c5ccccc5c5c6ccccc6ccc5c4c3)n2)cc1. The van der Waals surface area contributed by atoms with E-state index in [0.29, 0.717) is 5.82 Å². The van der Waals surface area contributed by atoms with E-state index in [9.17, 15) is 0 Å². The van der Waals surface area contributed by atoms with E-state index in [1.54, 1.807) is 0 Å². The molecule has 1 heterocycles. The zero-order chi connectivity index (χ0) is 34.4. The number of rotatable bonds is 3. The fourth-order valence-corrected chi connectivity index (χ4v) is 7.86. The van der Waals surface area contributed by atoms with E-state index in [2.05, 4.69) is 182 Å². The van der Waals surface area contributed by atoms with Crippen molar-refractivity contribution in [2.24, 2.45) is 0 Å². The van der Waals surface area contributed by atoms with Crippen molar-refractivity contribution >= 4 is 64.6 Å². The number of hydrogen-bond acceptors (Lipinski definition) is 2. The maximum atomic E-state index is 5.23. The van der Waals surface area contributed by atoms with E-state index in [-0.39, 0.29) is 0 Å². The number of aromatic nitrogens is 2. The Morgan fingerprint density at radius 2 is 0.654 bits per heavy atom. The number of nitrogens with zero attached hydrogens (tertiary/aromatic N) is 2. The zero-order valence-corrected chi connectivity index (χ0v) is 28.4. The first-order valence-corrected chi connectivity index (χ1v) is 17.8. The molecule has 242 valence electrons. The van der Waals surface area contributed by atoms with Crippen LogP contribution in [-0.4, -0.2) is 9.97 Å². The van der Waals surface area contributed by atoms with E-state index >= 15 is 0 Å². The first-order chi connectivity index (χ1) is 25.8. The highest BCUT2D eigenvalue weighted by Gasteiger charge is 2.14. The summed E-state index contributed by atoms with van der Waals surface area (Å²) >= 11 is 0. The summed E-state index contributed by atoms with van der Waals surface area (Å²) in [6, 6.07) is 69.5. The number of benzene rings is 8. The second-order valence-corrected chi connectivity index (χ2v) is 13.3. The van der Waals surface area contributed by atoms with Crippen LogP contribution in [0.15, 0.2) is 194 Å². The first kappa shape index (κ1) is 30.0. The van der Waals surface area contributed by atoms with Crippen molar-refractivity contribution in [1.29, 1.82) is 0 Å². The second kappa shape index (κ2) is 12.5. The van der Waals surface area contributed by atoms with Crippen LogP contribution < -0.4 is 0 Å². The smallest absolute Gasteiger partial charge is 0.160 e. The van der Waals surface area contributed by atoms with Crippen molar-refractivity contribution in [3.8, 4) is 33.9 Å². The van der Waals surface area contributed by atoms with Gasteiger partial charge in [-0.2, -0.15) is 0 Å². The van der Waals surface area contributed by atoms with Gasteiger partial charge in [-0.1, -0.05) is 182 Å². The third-order valence-electron chi connectivity index (χ3n) is 10.3. The van der Waals surface area contributed by atoms with Gasteiger partial charge in [-0.15, -0.1) is 0 Å². The third-order valence-corrected chi connectivity index (χ3v) is 10.3. The lowest BCUT2D eigenvalue weighted by Gasteiger charge is -2.13. The minimum absolute atomic E-state index is 0.696. The van der Waals surface area contributed by atoms with Gasteiger partial charge in [0, 0.05) is 16.7 Å². The van der Waals surface area contributed by atoms with Crippen LogP contribution in [0.5, 0.6) is 0 Å². The Hall–Kier alpha value is -6.90. The van der Waals surface area contributed by atoms with Gasteiger partial charge >= 0.3 is 0 Å². The van der Waals surface area contributed by atoms with Crippen LogP contribution in [-0.2, 0) is 0 Å². The molecule has 0 radical (unpaired) electrons. The number of hydrogen-bond donors (Lipinski definition) is 0. The van der Waals surface area contributed by atoms with Crippen molar-refractivity contribution in [1.82, 2.24) is 9.97 Å². The molecule has 0 spiro atoms. The molecule has 0 saturated carbocycles. The van der Waals surface area contributed by atoms with Crippen LogP contribution in [0.1, 0.15) is 0 Å². The molecule has 1 aromatic heterocycles. The molecule has 0 fully saturated rings. The summed E-state index contributed by atoms with van der Waals surface area (Å²) < 4.78 is 0. The molecule has 0 unspecified atom stereocenters. The normalized spacial score (nSPS) is 11.5. The van der Waals surface area contributed by atoms with Crippen LogP contribution in [0, 0.1) is 0 Å². The molecule has 0 aliphatic rings. The molecule has 2 nitrogen and oxygen atoms in total. The highest BCUT2D eigenvalue weighted by atomic mass is 14.9. The van der Waals surface area contributed by atoms with E-state index < -0.39 is 0 Å². The monoisotopic (exact) mass is 660 g/mol. The minimum Gasteiger partial charge on any atom is -0.228 e. The lowest BCUT2D eigenvalue weighted by molar-refractivity contribution is 1.18. The van der Waals surface area contributed by atoms with Gasteiger partial charge in [0.2, 0.25) is 0 Å². The molecule has 10 rings (SSSR count). The van der Waals surface area contributed by atoms with Crippen molar-refractivity contribution in [3.63, 3.8) is 0 Å². The van der Waals surface area contributed by atoms with Crippen LogP contribution in [0.3, 0.4) is 0 Å². The molecule has 0 bridgehead atoms. The Morgan fingerprint density at radius 1 is 0.250 bits per heavy atom. The average Bonchev–Trinajstić information content (AvgIpc) is 3.23. The predicted octanol–water partition coefficient (Wildman–Crippen LogP) is 13.5. The van der Waals surface area contributed by atoms with Gasteiger partial charge in [-0.25, -0.2) is 9.97 Å². The van der Waals surface area contributed by atoms with E-state index in [0.717, 1.165) is 33.5 Å². The highest BCUT2D eigenvalue weighted by Crippen LogP contribution is 2.40. The van der Waals surface area contributed by atoms with Gasteiger partial charge in [-0.3, -0.25) is 0 Å². The van der Waals surface area contributed by atoms with Crippen LogP contribution >= 0.6 is 0 Å². The van der Waals surface area contributed by atoms with Gasteiger partial charge in [0.1, 0.15) is 0 Å². The average molecular weight is 661 g/mol. The molecule has 0 atom stereocenters. The molecule has 0 aliphatic heterocycles. The summed E-state index contributed by atoms with van der Waals surface area (Å²) in [5, 5.41) is 14.4. The zero-order valence-electron chi connectivity index (χ0n) is 28.4. The van der Waals surface area contributed by atoms with Crippen LogP contribution in [0.25, 0.3) is 98.5 Å². The third kappa shape index (κ3) is 5.04. The highest BCUT2D eigenvalue weighted by molar-refractivity contribution is 6.30. The Morgan fingerprint density at radius 3 is 1.21 bits per heavy atom. The summed E-state index contributed by atoms with van der Waals surface area (Å²) in [4.78, 5) is 10.5. The summed E-state index contributed by atoms with van der Waals surface area (Å²) in [6.45, 7) is 0. The van der Waals surface area contributed by atoms with Gasteiger partial charge < -0.3 is 0 Å². The van der Waals surface area contributed by atoms with E-state index in [1.165, 1.54) is 59.2 Å². The van der Waals surface area contributed by atoms with Crippen LogP contribution in [0.4, 0.5) is 0 Å². The molecule has 10 aromatic rings. The summed E-state index contributed by atoms with van der Waals surface area (Å²) in [6.07, 6.45) is 0. The minimum atomic E-state index is 0.696. The van der Waals surface area contributed by atoms with Crippen LogP contribution in [0.2, 0.25) is 0 Å². The Bertz CT molecular complexity index is 3000. The van der Waals surface area contributed by atoms with Gasteiger partial charge in [0.05, 0.1) is 11.4 Å². The maximum Gasteiger partial charge on any atom is 0.160 e. The number of fused-ring (bicyclic) bond motifs is 12. The molecule has 0 amide bonds. The Labute approximate surface area is 301 Å². The van der Waals surface area contributed by atoms with E-state index in [1.807, 2.05) is 12.1 Å². The topological polar surface area (TPSA) is 25.8 Å². The van der Waals surface area contributed by atoms with Gasteiger partial charge in [0.25, 0.3) is 0 Å². The fraction of sp³-hybridized carbons (Fsp3) is 0. The van der Waals surface area contributed by atoms with Crippen molar-refractivity contribution in [2.75, 3.05) is 0 Å². The Balaban J connectivity index is 1.41. The second-order valence-electron chi connectivity index (χ2n) is 13.3. The van der Waals surface area contributed by atoms with Gasteiger partial charge in [-0.05, 0) is 76.8 Å². The van der Waals surface area contributed by atoms with Crippen molar-refractivity contribution in [2.45, 2.75) is 0 Å². The molecule has 0 N–H and O–H groups in total. The standard InChI is InChI=1S/C50H32N2/c1-3-16-34(17-4-1)47-32-48(35-18-5-2-6-19-35)52-50(51-47)36-28-29-43-41-24-12-10-22-39(41)38-21-9-11-23-40(38)42-25-13-14-26-44(42)49-37-20-8-7-15-33(37)27-30-45(49)46(43)31-36/h1-32H. The van der Waals surface area contributed by atoms with Crippen molar-refractivity contribution in [3.05, 3.63) is 194 Å². The van der Waals surface area contributed by atoms with Gasteiger partial charge in [0.15, 0.2) is 5.82 Å². The molecule has 52 heavy (non-hydrogen) atoms. The summed E-state index contributed by atoms with van der Waals surface area (Å²) in [5.41, 5.74) is 4.88. The molecule has 9 aromatic carbocycles. The quantitative estimate of drug-likeness (QED) is 0.188. The molecular formula is C50H32N2. The molecule has 0 aliphatic carbocycles. The molecule has 2 heteroatoms.